The van der Waals surface area contributed by atoms with Crippen LogP contribution in [0.15, 0.2) is 24.3 Å². The van der Waals surface area contributed by atoms with E-state index in [1.165, 1.54) is 16.8 Å². The number of benzene rings is 1. The average Bonchev–Trinajstić information content (AvgIpc) is 3.22. The summed E-state index contributed by atoms with van der Waals surface area (Å²) in [6.45, 7) is 1.17. The zero-order valence-corrected chi connectivity index (χ0v) is 14.7. The van der Waals surface area contributed by atoms with Crippen molar-refractivity contribution in [2.45, 2.75) is 20.0 Å². The van der Waals surface area contributed by atoms with Gasteiger partial charge in [-0.3, -0.25) is 4.79 Å². The number of aromatic nitrogens is 3. The summed E-state index contributed by atoms with van der Waals surface area (Å²) in [7, 11) is 1.90. The quantitative estimate of drug-likeness (QED) is 0.846. The summed E-state index contributed by atoms with van der Waals surface area (Å²) in [5, 5.41) is 11.2. The second kappa shape index (κ2) is 7.77. The van der Waals surface area contributed by atoms with Gasteiger partial charge in [0.1, 0.15) is 5.75 Å². The third-order valence-electron chi connectivity index (χ3n) is 4.47. The summed E-state index contributed by atoms with van der Waals surface area (Å²) < 4.78 is 30.3. The molecule has 1 aliphatic heterocycles. The molecule has 1 aromatic carbocycles. The Bertz CT molecular complexity index is 763. The van der Waals surface area contributed by atoms with Crippen LogP contribution in [0.4, 0.5) is 8.78 Å². The first-order valence-electron chi connectivity index (χ1n) is 8.41. The minimum atomic E-state index is -2.87. The van der Waals surface area contributed by atoms with Gasteiger partial charge in [-0.2, -0.15) is 8.78 Å². The van der Waals surface area contributed by atoms with Crippen LogP contribution in [0, 0.1) is 12.8 Å². The van der Waals surface area contributed by atoms with Crippen molar-refractivity contribution in [3.8, 4) is 11.4 Å². The van der Waals surface area contributed by atoms with Crippen molar-refractivity contribution in [2.24, 2.45) is 5.92 Å². The minimum Gasteiger partial charge on any atom is -0.435 e. The molecular weight excluding hydrogens is 344 g/mol. The molecule has 1 saturated heterocycles. The van der Waals surface area contributed by atoms with Crippen molar-refractivity contribution in [1.29, 1.82) is 0 Å². The van der Waals surface area contributed by atoms with E-state index in [4.69, 9.17) is 0 Å². The molecule has 1 fully saturated rings. The number of halogens is 2. The molecule has 3 rings (SSSR count). The predicted molar refractivity (Wildman–Crippen MR) is 90.7 cm³/mol. The van der Waals surface area contributed by atoms with Gasteiger partial charge in [0, 0.05) is 13.1 Å². The van der Waals surface area contributed by atoms with E-state index in [0.717, 1.165) is 13.0 Å². The first kappa shape index (κ1) is 18.2. The lowest BCUT2D eigenvalue weighted by atomic mass is 10.1. The van der Waals surface area contributed by atoms with E-state index in [2.05, 4.69) is 20.4 Å². The van der Waals surface area contributed by atoms with E-state index in [9.17, 15) is 13.6 Å². The van der Waals surface area contributed by atoms with Gasteiger partial charge in [-0.25, -0.2) is 4.68 Å². The number of hydrogen-bond donors (Lipinski definition) is 1. The normalized spacial score (nSPS) is 17.1. The van der Waals surface area contributed by atoms with E-state index in [1.54, 1.807) is 24.0 Å². The maximum atomic E-state index is 12.7. The van der Waals surface area contributed by atoms with E-state index >= 15 is 0 Å². The molecule has 0 radical (unpaired) electrons. The Hall–Kier alpha value is -2.55. The highest BCUT2D eigenvalue weighted by Gasteiger charge is 2.29. The van der Waals surface area contributed by atoms with Gasteiger partial charge in [-0.1, -0.05) is 5.21 Å². The van der Waals surface area contributed by atoms with Gasteiger partial charge in [0.25, 0.3) is 5.91 Å². The number of nitrogens with one attached hydrogen (secondary N) is 1. The van der Waals surface area contributed by atoms with Gasteiger partial charge in [-0.05, 0) is 57.1 Å². The fourth-order valence-corrected chi connectivity index (χ4v) is 3.16. The van der Waals surface area contributed by atoms with Gasteiger partial charge >= 0.3 is 6.61 Å². The Morgan fingerprint density at radius 2 is 2.12 bits per heavy atom. The van der Waals surface area contributed by atoms with Gasteiger partial charge in [0.2, 0.25) is 0 Å². The van der Waals surface area contributed by atoms with Crippen LogP contribution in [0.25, 0.3) is 5.69 Å². The molecule has 1 unspecified atom stereocenters. The Balaban J connectivity index is 1.74. The summed E-state index contributed by atoms with van der Waals surface area (Å²) in [5.74, 6) is 0.372. The number of carbonyl (C=O) groups is 1. The molecule has 1 aliphatic rings. The third-order valence-corrected chi connectivity index (χ3v) is 4.47. The van der Waals surface area contributed by atoms with Gasteiger partial charge in [-0.15, -0.1) is 5.10 Å². The molecule has 9 heteroatoms. The SMILES string of the molecule is CNCC1CCN(C(=O)c2nnn(-c3ccc(OC(F)F)cc3)c2C)C1. The van der Waals surface area contributed by atoms with E-state index in [1.807, 2.05) is 7.05 Å². The highest BCUT2D eigenvalue weighted by molar-refractivity contribution is 5.93. The number of rotatable bonds is 6. The van der Waals surface area contributed by atoms with Crippen molar-refractivity contribution in [1.82, 2.24) is 25.2 Å². The van der Waals surface area contributed by atoms with E-state index < -0.39 is 6.61 Å². The molecular formula is C17H21F2N5O2. The highest BCUT2D eigenvalue weighted by atomic mass is 19.3. The van der Waals surface area contributed by atoms with Crippen molar-refractivity contribution >= 4 is 5.91 Å². The largest absolute Gasteiger partial charge is 0.435 e. The minimum absolute atomic E-state index is 0.0606. The number of hydrogen-bond acceptors (Lipinski definition) is 5. The smallest absolute Gasteiger partial charge is 0.387 e. The number of carbonyl (C=O) groups excluding carboxylic acids is 1. The molecule has 2 aromatic rings. The lowest BCUT2D eigenvalue weighted by Crippen LogP contribution is -2.31. The third kappa shape index (κ3) is 3.82. The van der Waals surface area contributed by atoms with E-state index in [-0.39, 0.29) is 11.7 Å². The zero-order chi connectivity index (χ0) is 18.7. The lowest BCUT2D eigenvalue weighted by molar-refractivity contribution is -0.0498. The summed E-state index contributed by atoms with van der Waals surface area (Å²) in [6.07, 6.45) is 0.964. The average molecular weight is 365 g/mol. The molecule has 26 heavy (non-hydrogen) atoms. The van der Waals surface area contributed by atoms with Gasteiger partial charge in [0.05, 0.1) is 11.4 Å². The van der Waals surface area contributed by atoms with Gasteiger partial charge < -0.3 is 15.0 Å². The molecule has 1 amide bonds. The number of likely N-dealkylation sites (tertiary alicyclic amines) is 1. The summed E-state index contributed by atoms with van der Waals surface area (Å²) in [6, 6.07) is 6.03. The van der Waals surface area contributed by atoms with Crippen molar-refractivity contribution < 1.29 is 18.3 Å². The summed E-state index contributed by atoms with van der Waals surface area (Å²) in [4.78, 5) is 14.5. The zero-order valence-electron chi connectivity index (χ0n) is 14.7. The molecule has 0 spiro atoms. The maximum absolute atomic E-state index is 12.7. The molecule has 0 aliphatic carbocycles. The Labute approximate surface area is 149 Å². The van der Waals surface area contributed by atoms with Crippen LogP contribution < -0.4 is 10.1 Å². The number of ether oxygens (including phenoxy) is 1. The standard InChI is InChI=1S/C17H21F2N5O2/c1-11-15(16(25)23-8-7-12(10-23)9-20-2)21-22-24(11)13-3-5-14(6-4-13)26-17(18)19/h3-6,12,17,20H,7-10H2,1-2H3. The van der Waals surface area contributed by atoms with Crippen LogP contribution in [0.5, 0.6) is 5.75 Å². The topological polar surface area (TPSA) is 72.3 Å². The van der Waals surface area contributed by atoms with Crippen molar-refractivity contribution in [3.05, 3.63) is 35.7 Å². The monoisotopic (exact) mass is 365 g/mol. The number of nitrogens with zero attached hydrogens (tertiary/aromatic N) is 4. The Morgan fingerprint density at radius 3 is 2.77 bits per heavy atom. The molecule has 1 aromatic heterocycles. The maximum Gasteiger partial charge on any atom is 0.387 e. The van der Waals surface area contributed by atoms with Crippen LogP contribution in [-0.2, 0) is 0 Å². The molecule has 2 heterocycles. The molecule has 0 bridgehead atoms. The number of alkyl halides is 2. The summed E-state index contributed by atoms with van der Waals surface area (Å²) in [5.41, 5.74) is 1.53. The van der Waals surface area contributed by atoms with Crippen LogP contribution in [0.2, 0.25) is 0 Å². The molecule has 0 saturated carbocycles. The highest BCUT2D eigenvalue weighted by Crippen LogP contribution is 2.21. The Kier molecular flexibility index (Phi) is 5.46. The summed E-state index contributed by atoms with van der Waals surface area (Å²) >= 11 is 0. The Morgan fingerprint density at radius 1 is 1.38 bits per heavy atom. The molecule has 7 nitrogen and oxygen atoms in total. The predicted octanol–water partition coefficient (Wildman–Crippen LogP) is 1.86. The van der Waals surface area contributed by atoms with Gasteiger partial charge in [0.15, 0.2) is 5.69 Å². The lowest BCUT2D eigenvalue weighted by Gasteiger charge is -2.15. The molecule has 1 atom stereocenters. The van der Waals surface area contributed by atoms with Crippen LogP contribution >= 0.6 is 0 Å². The fourth-order valence-electron chi connectivity index (χ4n) is 3.16. The first-order chi connectivity index (χ1) is 12.5. The first-order valence-corrected chi connectivity index (χ1v) is 8.41. The molecule has 140 valence electrons. The second-order valence-corrected chi connectivity index (χ2v) is 6.27. The van der Waals surface area contributed by atoms with Crippen LogP contribution in [-0.4, -0.2) is 59.1 Å². The number of amides is 1. The van der Waals surface area contributed by atoms with Crippen molar-refractivity contribution in [3.63, 3.8) is 0 Å². The molecule has 1 N–H and O–H groups in total. The van der Waals surface area contributed by atoms with Crippen LogP contribution in [0.3, 0.4) is 0 Å². The van der Waals surface area contributed by atoms with Crippen molar-refractivity contribution in [2.75, 3.05) is 26.7 Å². The van der Waals surface area contributed by atoms with Crippen LogP contribution in [0.1, 0.15) is 22.6 Å². The second-order valence-electron chi connectivity index (χ2n) is 6.27. The fraction of sp³-hybridized carbons (Fsp3) is 0.471. The van der Waals surface area contributed by atoms with E-state index in [0.29, 0.717) is 36.1 Å².